The van der Waals surface area contributed by atoms with Crippen molar-refractivity contribution in [1.29, 1.82) is 0 Å². The Morgan fingerprint density at radius 3 is 2.36 bits per heavy atom. The van der Waals surface area contributed by atoms with Crippen LogP contribution in [0.15, 0.2) is 60.1 Å². The molecule has 7 heteroatoms. The zero-order chi connectivity index (χ0) is 17.5. The molecule has 0 bridgehead atoms. The molecule has 25 heavy (non-hydrogen) atoms. The zero-order valence-corrected chi connectivity index (χ0v) is 15.2. The molecule has 3 heterocycles. The molecule has 0 fully saturated rings. The molecule has 0 amide bonds. The summed E-state index contributed by atoms with van der Waals surface area (Å²) < 4.78 is 2.03. The van der Waals surface area contributed by atoms with Crippen LogP contribution in [0.4, 0.5) is 11.8 Å². The van der Waals surface area contributed by atoms with Crippen LogP contribution in [0.2, 0.25) is 0 Å². The first-order valence-electron chi connectivity index (χ1n) is 8.18. The van der Waals surface area contributed by atoms with E-state index < -0.39 is 0 Å². The van der Waals surface area contributed by atoms with Crippen molar-refractivity contribution in [2.45, 2.75) is 11.8 Å². The molecular formula is C18H22N6S. The van der Waals surface area contributed by atoms with E-state index in [0.29, 0.717) is 11.9 Å². The van der Waals surface area contributed by atoms with Gasteiger partial charge in [0.25, 0.3) is 0 Å². The summed E-state index contributed by atoms with van der Waals surface area (Å²) in [5, 5.41) is 6.63. The summed E-state index contributed by atoms with van der Waals surface area (Å²) in [6.45, 7) is 3.79. The van der Waals surface area contributed by atoms with Gasteiger partial charge in [-0.15, -0.1) is 11.8 Å². The highest BCUT2D eigenvalue weighted by molar-refractivity contribution is 7.98. The van der Waals surface area contributed by atoms with Crippen molar-refractivity contribution in [2.75, 3.05) is 30.0 Å². The molecule has 2 N–H and O–H groups in total. The molecule has 6 nitrogen and oxygen atoms in total. The van der Waals surface area contributed by atoms with Gasteiger partial charge in [-0.3, -0.25) is 0 Å². The Balaban J connectivity index is 1.44. The molecule has 0 saturated heterocycles. The summed E-state index contributed by atoms with van der Waals surface area (Å²) in [7, 11) is 0. The number of aromatic nitrogens is 4. The molecule has 3 aromatic rings. The molecule has 0 aliphatic rings. The highest BCUT2D eigenvalue weighted by atomic mass is 32.2. The Morgan fingerprint density at radius 2 is 1.72 bits per heavy atom. The average molecular weight is 354 g/mol. The summed E-state index contributed by atoms with van der Waals surface area (Å²) in [6, 6.07) is 8.05. The number of nitrogens with one attached hydrogen (secondary N) is 2. The number of anilines is 2. The molecule has 0 spiro atoms. The Labute approximate surface area is 152 Å². The maximum absolute atomic E-state index is 4.46. The average Bonchev–Trinajstić information content (AvgIpc) is 3.20. The summed E-state index contributed by atoms with van der Waals surface area (Å²) in [5.41, 5.74) is 1.05. The van der Waals surface area contributed by atoms with E-state index in [9.17, 15) is 0 Å². The number of hydrogen-bond acceptors (Lipinski definition) is 6. The maximum Gasteiger partial charge on any atom is 0.222 e. The van der Waals surface area contributed by atoms with Crippen molar-refractivity contribution in [3.8, 4) is 5.69 Å². The molecule has 130 valence electrons. The van der Waals surface area contributed by atoms with Crippen LogP contribution in [-0.2, 0) is 0 Å². The quantitative estimate of drug-likeness (QED) is 0.603. The van der Waals surface area contributed by atoms with E-state index in [2.05, 4.69) is 38.6 Å². The van der Waals surface area contributed by atoms with Gasteiger partial charge < -0.3 is 15.2 Å². The van der Waals surface area contributed by atoms with Crippen LogP contribution >= 0.6 is 11.8 Å². The molecule has 3 rings (SSSR count). The van der Waals surface area contributed by atoms with Gasteiger partial charge >= 0.3 is 0 Å². The number of hydrogen-bond donors (Lipinski definition) is 2. The summed E-state index contributed by atoms with van der Waals surface area (Å²) in [4.78, 5) is 14.1. The van der Waals surface area contributed by atoms with Crippen molar-refractivity contribution in [3.63, 3.8) is 0 Å². The van der Waals surface area contributed by atoms with E-state index >= 15 is 0 Å². The van der Waals surface area contributed by atoms with Crippen LogP contribution in [0, 0.1) is 5.92 Å². The third-order valence-corrected chi connectivity index (χ3v) is 4.44. The van der Waals surface area contributed by atoms with Gasteiger partial charge in [0, 0.05) is 42.8 Å². The van der Waals surface area contributed by atoms with Crippen LogP contribution in [0.25, 0.3) is 5.69 Å². The predicted molar refractivity (Wildman–Crippen MR) is 104 cm³/mol. The standard InChI is InChI=1S/C18H22N6S/c1-14(10-21-18-22-12-16(25-2)13-23-18)9-19-17-6-5-15(11-20-17)24-7-3-4-8-24/h3-8,11-14H,9-10H2,1-2H3,(H,19,20)(H,21,22,23)/t14-/m1/s1. The van der Waals surface area contributed by atoms with Gasteiger partial charge in [0.2, 0.25) is 5.95 Å². The van der Waals surface area contributed by atoms with E-state index in [4.69, 9.17) is 0 Å². The molecule has 0 radical (unpaired) electrons. The first-order chi connectivity index (χ1) is 12.2. The largest absolute Gasteiger partial charge is 0.370 e. The second kappa shape index (κ2) is 8.53. The first kappa shape index (κ1) is 17.3. The lowest BCUT2D eigenvalue weighted by atomic mass is 10.2. The van der Waals surface area contributed by atoms with Gasteiger partial charge in [-0.05, 0) is 36.4 Å². The number of nitrogens with zero attached hydrogens (tertiary/aromatic N) is 4. The van der Waals surface area contributed by atoms with Crippen LogP contribution in [0.5, 0.6) is 0 Å². The minimum atomic E-state index is 0.412. The molecule has 0 aliphatic carbocycles. The van der Waals surface area contributed by atoms with E-state index in [0.717, 1.165) is 29.5 Å². The normalized spacial score (nSPS) is 11.9. The summed E-state index contributed by atoms with van der Waals surface area (Å²) in [6.07, 6.45) is 11.6. The number of pyridine rings is 1. The lowest BCUT2D eigenvalue weighted by molar-refractivity contribution is 0.644. The van der Waals surface area contributed by atoms with Gasteiger partial charge in [0.15, 0.2) is 0 Å². The molecular weight excluding hydrogens is 332 g/mol. The van der Waals surface area contributed by atoms with Crippen LogP contribution < -0.4 is 10.6 Å². The van der Waals surface area contributed by atoms with Crippen LogP contribution in [0.1, 0.15) is 6.92 Å². The Bertz CT molecular complexity index is 755. The molecule has 0 saturated carbocycles. The third kappa shape index (κ3) is 4.96. The summed E-state index contributed by atoms with van der Waals surface area (Å²) in [5.74, 6) is 1.96. The number of rotatable bonds is 8. The second-order valence-corrected chi connectivity index (χ2v) is 6.69. The van der Waals surface area contributed by atoms with Gasteiger partial charge in [0.05, 0.1) is 11.9 Å². The fraction of sp³-hybridized carbons (Fsp3) is 0.278. The van der Waals surface area contributed by atoms with Crippen molar-refractivity contribution in [2.24, 2.45) is 5.92 Å². The van der Waals surface area contributed by atoms with Crippen molar-refractivity contribution < 1.29 is 0 Å². The molecule has 0 aromatic carbocycles. The monoisotopic (exact) mass is 354 g/mol. The van der Waals surface area contributed by atoms with E-state index in [1.807, 2.05) is 60.0 Å². The fourth-order valence-corrected chi connectivity index (χ4v) is 2.60. The van der Waals surface area contributed by atoms with Gasteiger partial charge in [-0.2, -0.15) is 0 Å². The van der Waals surface area contributed by atoms with Crippen molar-refractivity contribution >= 4 is 23.5 Å². The lowest BCUT2D eigenvalue weighted by Gasteiger charge is -2.14. The van der Waals surface area contributed by atoms with Crippen molar-refractivity contribution in [1.82, 2.24) is 19.5 Å². The van der Waals surface area contributed by atoms with Crippen molar-refractivity contribution in [3.05, 3.63) is 55.2 Å². The van der Waals surface area contributed by atoms with Gasteiger partial charge in [-0.25, -0.2) is 15.0 Å². The molecule has 0 aliphatic heterocycles. The Morgan fingerprint density at radius 1 is 1.00 bits per heavy atom. The summed E-state index contributed by atoms with van der Waals surface area (Å²) >= 11 is 1.64. The van der Waals surface area contributed by atoms with Gasteiger partial charge in [-0.1, -0.05) is 6.92 Å². The Kier molecular flexibility index (Phi) is 5.90. The first-order valence-corrected chi connectivity index (χ1v) is 9.40. The van der Waals surface area contributed by atoms with Crippen LogP contribution in [-0.4, -0.2) is 38.9 Å². The highest BCUT2D eigenvalue weighted by Gasteiger charge is 2.04. The SMILES string of the molecule is CSc1cnc(NC[C@H](C)CNc2ccc(-n3cccc3)cn2)nc1. The maximum atomic E-state index is 4.46. The smallest absolute Gasteiger partial charge is 0.222 e. The molecule has 0 unspecified atom stereocenters. The number of thioether (sulfide) groups is 1. The van der Waals surface area contributed by atoms with Gasteiger partial charge in [0.1, 0.15) is 5.82 Å². The second-order valence-electron chi connectivity index (χ2n) is 5.81. The third-order valence-electron chi connectivity index (χ3n) is 3.75. The zero-order valence-electron chi connectivity index (χ0n) is 14.4. The highest BCUT2D eigenvalue weighted by Crippen LogP contribution is 2.13. The predicted octanol–water partition coefficient (Wildman–Crippen LogP) is 3.54. The van der Waals surface area contributed by atoms with E-state index in [1.54, 1.807) is 11.8 Å². The minimum absolute atomic E-state index is 0.412. The minimum Gasteiger partial charge on any atom is -0.370 e. The molecule has 3 aromatic heterocycles. The molecule has 1 atom stereocenters. The lowest BCUT2D eigenvalue weighted by Crippen LogP contribution is -2.21. The topological polar surface area (TPSA) is 67.7 Å². The van der Waals surface area contributed by atoms with E-state index in [1.165, 1.54) is 0 Å². The van der Waals surface area contributed by atoms with Crippen LogP contribution in [0.3, 0.4) is 0 Å². The van der Waals surface area contributed by atoms with E-state index in [-0.39, 0.29) is 0 Å². The fourth-order valence-electron chi connectivity index (χ4n) is 2.28. The Hall–Kier alpha value is -2.54.